The second-order valence-corrected chi connectivity index (χ2v) is 6.66. The first-order valence-electron chi connectivity index (χ1n) is 9.26. The van der Waals surface area contributed by atoms with Gasteiger partial charge in [0.05, 0.1) is 48.0 Å². The van der Waals surface area contributed by atoms with Crippen molar-refractivity contribution in [1.82, 2.24) is 34.6 Å². The van der Waals surface area contributed by atoms with Crippen molar-refractivity contribution in [2.45, 2.75) is 19.2 Å². The fourth-order valence-electron chi connectivity index (χ4n) is 3.03. The summed E-state index contributed by atoms with van der Waals surface area (Å²) >= 11 is 0. The molecule has 0 aromatic carbocycles. The molecule has 4 heterocycles. The maximum atomic E-state index is 13.6. The van der Waals surface area contributed by atoms with Crippen LogP contribution in [0.1, 0.15) is 24.3 Å². The van der Waals surface area contributed by atoms with E-state index in [4.69, 9.17) is 4.74 Å². The van der Waals surface area contributed by atoms with Gasteiger partial charge in [-0.05, 0) is 13.0 Å². The van der Waals surface area contributed by atoms with Crippen LogP contribution in [0.4, 0.5) is 33.7 Å². The normalized spacial score (nSPS) is 12.7. The first-order valence-corrected chi connectivity index (χ1v) is 9.26. The molecule has 0 radical (unpaired) electrons. The predicted octanol–water partition coefficient (Wildman–Crippen LogP) is 3.21. The van der Waals surface area contributed by atoms with Crippen LogP contribution in [-0.2, 0) is 10.9 Å². The Hall–Kier alpha value is -4.14. The number of hydrogen-bond donors (Lipinski definition) is 2. The van der Waals surface area contributed by atoms with Gasteiger partial charge < -0.3 is 15.4 Å². The molecule has 4 aromatic rings. The summed E-state index contributed by atoms with van der Waals surface area (Å²) in [6.45, 7) is 1.64. The number of carbonyl (C=O) groups is 1. The molecule has 33 heavy (non-hydrogen) atoms. The average molecular weight is 465 g/mol. The lowest BCUT2D eigenvalue weighted by atomic mass is 10.2. The van der Waals surface area contributed by atoms with Crippen molar-refractivity contribution in [3.8, 4) is 5.82 Å². The first-order chi connectivity index (χ1) is 15.7. The molecular formula is C18H15F4N9O2. The van der Waals surface area contributed by atoms with E-state index in [9.17, 15) is 22.4 Å². The number of urea groups is 1. The highest BCUT2D eigenvalue weighted by molar-refractivity contribution is 6.00. The van der Waals surface area contributed by atoms with Crippen LogP contribution in [0.3, 0.4) is 0 Å². The van der Waals surface area contributed by atoms with Crippen LogP contribution in [0, 0.1) is 5.95 Å². The van der Waals surface area contributed by atoms with Gasteiger partial charge in [0, 0.05) is 13.2 Å². The van der Waals surface area contributed by atoms with E-state index in [0.717, 1.165) is 21.6 Å². The molecule has 11 nitrogen and oxygen atoms in total. The van der Waals surface area contributed by atoms with Gasteiger partial charge in [-0.2, -0.15) is 27.8 Å². The molecule has 4 aromatic heterocycles. The molecule has 0 saturated carbocycles. The van der Waals surface area contributed by atoms with E-state index >= 15 is 0 Å². The molecule has 0 spiro atoms. The van der Waals surface area contributed by atoms with Gasteiger partial charge in [-0.3, -0.25) is 0 Å². The van der Waals surface area contributed by atoms with E-state index in [1.807, 2.05) is 0 Å². The Morgan fingerprint density at radius 3 is 2.52 bits per heavy atom. The molecular weight excluding hydrogens is 450 g/mol. The number of rotatable bonds is 5. The zero-order chi connectivity index (χ0) is 23.8. The molecule has 1 atom stereocenters. The van der Waals surface area contributed by atoms with Crippen LogP contribution in [0.2, 0.25) is 0 Å². The smallest absolute Gasteiger partial charge is 0.375 e. The van der Waals surface area contributed by atoms with Crippen molar-refractivity contribution in [3.05, 3.63) is 54.1 Å². The third kappa shape index (κ3) is 4.43. The number of alkyl halides is 3. The van der Waals surface area contributed by atoms with Gasteiger partial charge in [0.15, 0.2) is 11.5 Å². The third-order valence-corrected chi connectivity index (χ3v) is 4.52. The summed E-state index contributed by atoms with van der Waals surface area (Å²) in [6.07, 6.45) is -0.732. The van der Waals surface area contributed by atoms with E-state index in [0.29, 0.717) is 6.07 Å². The standard InChI is InChI=1S/C18H15F4N9O2/c1-9(33-2)15-12(8-23-14-6-13(19)29-30(14)15)28-17(32)27-10-5-11(18(20,21)22)16(24-7-10)31-25-3-4-26-31/h3-9H,1-2H3,(H2,27,28,32)/t9-/m0/s1. The summed E-state index contributed by atoms with van der Waals surface area (Å²) in [6, 6.07) is 0.901. The summed E-state index contributed by atoms with van der Waals surface area (Å²) in [7, 11) is 1.40. The van der Waals surface area contributed by atoms with Crippen LogP contribution in [-0.4, -0.2) is 47.7 Å². The van der Waals surface area contributed by atoms with Gasteiger partial charge in [-0.25, -0.2) is 19.3 Å². The van der Waals surface area contributed by atoms with Gasteiger partial charge in [0.2, 0.25) is 5.95 Å². The van der Waals surface area contributed by atoms with Gasteiger partial charge in [0.1, 0.15) is 5.56 Å². The number of amides is 2. The number of ether oxygens (including phenoxy) is 1. The first kappa shape index (κ1) is 22.1. The third-order valence-electron chi connectivity index (χ3n) is 4.52. The summed E-state index contributed by atoms with van der Waals surface area (Å²) in [4.78, 5) is 21.0. The number of aromatic nitrogens is 7. The zero-order valence-electron chi connectivity index (χ0n) is 17.0. The van der Waals surface area contributed by atoms with Crippen LogP contribution >= 0.6 is 0 Å². The number of halogens is 4. The molecule has 4 rings (SSSR count). The minimum absolute atomic E-state index is 0.110. The Balaban J connectivity index is 1.63. The number of fused-ring (bicyclic) bond motifs is 1. The lowest BCUT2D eigenvalue weighted by Crippen LogP contribution is -2.23. The lowest BCUT2D eigenvalue weighted by molar-refractivity contribution is -0.137. The molecule has 0 fully saturated rings. The highest BCUT2D eigenvalue weighted by atomic mass is 19.4. The topological polar surface area (TPSA) is 124 Å². The molecule has 2 amide bonds. The van der Waals surface area contributed by atoms with E-state index < -0.39 is 35.6 Å². The fraction of sp³-hybridized carbons (Fsp3) is 0.222. The molecule has 0 unspecified atom stereocenters. The quantitative estimate of drug-likeness (QED) is 0.434. The molecule has 0 saturated heterocycles. The van der Waals surface area contributed by atoms with Crippen molar-refractivity contribution in [3.63, 3.8) is 0 Å². The average Bonchev–Trinajstić information content (AvgIpc) is 3.41. The summed E-state index contributed by atoms with van der Waals surface area (Å²) < 4.78 is 60.6. The van der Waals surface area contributed by atoms with Gasteiger partial charge in [0.25, 0.3) is 0 Å². The van der Waals surface area contributed by atoms with Crippen LogP contribution in [0.5, 0.6) is 0 Å². The molecule has 0 aliphatic rings. The SMILES string of the molecule is CO[C@@H](C)c1c(NC(=O)Nc2cnc(-n3nccn3)c(C(F)(F)F)c2)cnc2cc(F)nn12. The van der Waals surface area contributed by atoms with Crippen molar-refractivity contribution >= 4 is 23.1 Å². The van der Waals surface area contributed by atoms with E-state index in [1.54, 1.807) is 6.92 Å². The minimum Gasteiger partial charge on any atom is -0.375 e. The molecule has 0 aliphatic carbocycles. The van der Waals surface area contributed by atoms with Gasteiger partial charge in [-0.15, -0.1) is 9.90 Å². The van der Waals surface area contributed by atoms with E-state index in [1.165, 1.54) is 25.7 Å². The summed E-state index contributed by atoms with van der Waals surface area (Å²) in [5, 5.41) is 15.7. The van der Waals surface area contributed by atoms with Crippen molar-refractivity contribution in [1.29, 1.82) is 0 Å². The fourth-order valence-corrected chi connectivity index (χ4v) is 3.03. The monoisotopic (exact) mass is 465 g/mol. The Labute approximate surface area is 182 Å². The summed E-state index contributed by atoms with van der Waals surface area (Å²) in [5.74, 6) is -1.34. The second kappa shape index (κ2) is 8.42. The Bertz CT molecular complexity index is 1300. The van der Waals surface area contributed by atoms with Crippen molar-refractivity contribution in [2.24, 2.45) is 0 Å². The highest BCUT2D eigenvalue weighted by Gasteiger charge is 2.36. The van der Waals surface area contributed by atoms with Crippen LogP contribution in [0.15, 0.2) is 36.9 Å². The van der Waals surface area contributed by atoms with E-state index in [-0.39, 0.29) is 22.7 Å². The second-order valence-electron chi connectivity index (χ2n) is 6.66. The number of nitrogens with one attached hydrogen (secondary N) is 2. The number of hydrogen-bond acceptors (Lipinski definition) is 7. The lowest BCUT2D eigenvalue weighted by Gasteiger charge is -2.17. The van der Waals surface area contributed by atoms with Crippen molar-refractivity contribution < 1.29 is 27.1 Å². The number of anilines is 2. The van der Waals surface area contributed by atoms with Crippen molar-refractivity contribution in [2.75, 3.05) is 17.7 Å². The summed E-state index contributed by atoms with van der Waals surface area (Å²) in [5.41, 5.74) is -0.828. The molecule has 15 heteroatoms. The molecule has 0 bridgehead atoms. The Kier molecular flexibility index (Phi) is 5.63. The molecule has 172 valence electrons. The minimum atomic E-state index is -4.79. The number of nitrogens with zero attached hydrogens (tertiary/aromatic N) is 7. The Morgan fingerprint density at radius 1 is 1.12 bits per heavy atom. The van der Waals surface area contributed by atoms with E-state index in [2.05, 4.69) is 35.9 Å². The molecule has 0 aliphatic heterocycles. The number of pyridine rings is 1. The maximum Gasteiger partial charge on any atom is 0.420 e. The largest absolute Gasteiger partial charge is 0.420 e. The van der Waals surface area contributed by atoms with Crippen LogP contribution < -0.4 is 10.6 Å². The number of methoxy groups -OCH3 is 1. The Morgan fingerprint density at radius 2 is 1.85 bits per heavy atom. The highest BCUT2D eigenvalue weighted by Crippen LogP contribution is 2.34. The maximum absolute atomic E-state index is 13.6. The van der Waals surface area contributed by atoms with Crippen LogP contribution in [0.25, 0.3) is 11.5 Å². The predicted molar refractivity (Wildman–Crippen MR) is 105 cm³/mol. The van der Waals surface area contributed by atoms with Gasteiger partial charge in [-0.1, -0.05) is 0 Å². The zero-order valence-corrected chi connectivity index (χ0v) is 17.0. The van der Waals surface area contributed by atoms with Gasteiger partial charge >= 0.3 is 12.2 Å². The molecule has 2 N–H and O–H groups in total. The number of carbonyl (C=O) groups excluding carboxylic acids is 1.